The first kappa shape index (κ1) is 11.4. The van der Waals surface area contributed by atoms with E-state index in [0.717, 1.165) is 36.0 Å². The Labute approximate surface area is 111 Å². The Morgan fingerprint density at radius 2 is 2.21 bits per heavy atom. The number of benzene rings is 1. The van der Waals surface area contributed by atoms with Crippen molar-refractivity contribution in [3.63, 3.8) is 0 Å². The van der Waals surface area contributed by atoms with Crippen LogP contribution in [-0.2, 0) is 13.5 Å². The van der Waals surface area contributed by atoms with Crippen LogP contribution in [0.2, 0.25) is 0 Å². The third-order valence-corrected chi connectivity index (χ3v) is 4.87. The van der Waals surface area contributed by atoms with Crippen LogP contribution in [-0.4, -0.2) is 22.9 Å². The van der Waals surface area contributed by atoms with Crippen LogP contribution in [0, 0.1) is 17.2 Å². The summed E-state index contributed by atoms with van der Waals surface area (Å²) in [5.41, 5.74) is 2.44. The fourth-order valence-electron chi connectivity index (χ4n) is 3.76. The summed E-state index contributed by atoms with van der Waals surface area (Å²) in [5.74, 6) is 0.579. The lowest BCUT2D eigenvalue weighted by atomic mass is 9.57. The summed E-state index contributed by atoms with van der Waals surface area (Å²) in [5, 5.41) is 8.41. The maximum atomic E-state index is 14.1. The first-order chi connectivity index (χ1) is 9.15. The number of nitrogens with zero attached hydrogens (tertiary/aromatic N) is 2. The number of rotatable bonds is 2. The smallest absolute Gasteiger partial charge is 0.127 e. The van der Waals surface area contributed by atoms with E-state index in [1.165, 1.54) is 12.8 Å². The summed E-state index contributed by atoms with van der Waals surface area (Å²) in [6, 6.07) is 3.60. The van der Waals surface area contributed by atoms with Gasteiger partial charge in [-0.2, -0.15) is 5.10 Å². The fraction of sp³-hybridized carbons (Fsp3) is 0.533. The summed E-state index contributed by atoms with van der Waals surface area (Å²) in [4.78, 5) is 0. The second-order valence-corrected chi connectivity index (χ2v) is 6.35. The number of hydrogen-bond acceptors (Lipinski definition) is 2. The zero-order valence-electron chi connectivity index (χ0n) is 11.1. The van der Waals surface area contributed by atoms with Gasteiger partial charge in [0.1, 0.15) is 5.82 Å². The van der Waals surface area contributed by atoms with E-state index in [-0.39, 0.29) is 5.82 Å². The molecule has 1 saturated carbocycles. The van der Waals surface area contributed by atoms with E-state index in [0.29, 0.717) is 11.3 Å². The van der Waals surface area contributed by atoms with Gasteiger partial charge in [-0.05, 0) is 48.3 Å². The average Bonchev–Trinajstić information content (AvgIpc) is 2.62. The topological polar surface area (TPSA) is 29.9 Å². The summed E-state index contributed by atoms with van der Waals surface area (Å²) >= 11 is 0. The molecule has 2 aliphatic rings. The van der Waals surface area contributed by atoms with Crippen molar-refractivity contribution >= 4 is 10.9 Å². The molecule has 2 heterocycles. The van der Waals surface area contributed by atoms with E-state index in [4.69, 9.17) is 0 Å². The van der Waals surface area contributed by atoms with Crippen LogP contribution in [0.25, 0.3) is 10.9 Å². The van der Waals surface area contributed by atoms with Crippen molar-refractivity contribution < 1.29 is 4.39 Å². The van der Waals surface area contributed by atoms with Crippen molar-refractivity contribution in [2.45, 2.75) is 19.3 Å². The first-order valence-electron chi connectivity index (χ1n) is 6.96. The van der Waals surface area contributed by atoms with Crippen LogP contribution in [0.4, 0.5) is 4.39 Å². The molecule has 19 heavy (non-hydrogen) atoms. The SMILES string of the molecule is Cn1ncc2cc(F)c(CC3CC4(CNC4)C3)cc21. The maximum absolute atomic E-state index is 14.1. The van der Waals surface area contributed by atoms with Gasteiger partial charge in [0.15, 0.2) is 0 Å². The highest BCUT2D eigenvalue weighted by Crippen LogP contribution is 2.49. The minimum Gasteiger partial charge on any atom is -0.316 e. The van der Waals surface area contributed by atoms with E-state index in [2.05, 4.69) is 10.4 Å². The molecule has 1 spiro atoms. The van der Waals surface area contributed by atoms with Gasteiger partial charge in [-0.1, -0.05) is 0 Å². The van der Waals surface area contributed by atoms with Gasteiger partial charge in [0, 0.05) is 25.5 Å². The van der Waals surface area contributed by atoms with E-state index in [1.54, 1.807) is 12.3 Å². The minimum atomic E-state index is -0.0758. The van der Waals surface area contributed by atoms with Crippen LogP contribution in [0.1, 0.15) is 18.4 Å². The number of fused-ring (bicyclic) bond motifs is 1. The molecule has 4 heteroatoms. The molecule has 1 aliphatic heterocycles. The Kier molecular flexibility index (Phi) is 2.28. The standard InChI is InChI=1S/C15H18FN3/c1-19-14-4-11(13(16)3-12(14)7-18-19)2-10-5-15(6-10)8-17-9-15/h3-4,7,10,17H,2,5-6,8-9H2,1H3. The van der Waals surface area contributed by atoms with Gasteiger partial charge >= 0.3 is 0 Å². The molecule has 0 radical (unpaired) electrons. The van der Waals surface area contributed by atoms with Crippen LogP contribution in [0.3, 0.4) is 0 Å². The molecule has 4 rings (SSSR count). The molecule has 3 nitrogen and oxygen atoms in total. The van der Waals surface area contributed by atoms with E-state index >= 15 is 0 Å². The summed E-state index contributed by atoms with van der Waals surface area (Å²) in [6.45, 7) is 2.32. The predicted octanol–water partition coefficient (Wildman–Crippen LogP) is 2.25. The van der Waals surface area contributed by atoms with E-state index in [1.807, 2.05) is 17.8 Å². The number of aryl methyl sites for hydroxylation is 1. The van der Waals surface area contributed by atoms with E-state index in [9.17, 15) is 4.39 Å². The molecule has 1 aromatic carbocycles. The van der Waals surface area contributed by atoms with Crippen LogP contribution < -0.4 is 5.32 Å². The molecule has 1 aliphatic carbocycles. The molecule has 2 aromatic rings. The largest absolute Gasteiger partial charge is 0.316 e. The third-order valence-electron chi connectivity index (χ3n) is 4.87. The van der Waals surface area contributed by atoms with Gasteiger partial charge in [-0.25, -0.2) is 4.39 Å². The van der Waals surface area contributed by atoms with E-state index < -0.39 is 0 Å². The highest BCUT2D eigenvalue weighted by Gasteiger charge is 2.48. The Morgan fingerprint density at radius 1 is 1.42 bits per heavy atom. The second kappa shape index (κ2) is 3.79. The normalized spacial score (nSPS) is 21.6. The number of nitrogens with one attached hydrogen (secondary N) is 1. The lowest BCUT2D eigenvalue weighted by molar-refractivity contribution is 0.000575. The molecule has 0 bridgehead atoms. The molecule has 100 valence electrons. The van der Waals surface area contributed by atoms with Gasteiger partial charge in [0.05, 0.1) is 11.7 Å². The summed E-state index contributed by atoms with van der Waals surface area (Å²) < 4.78 is 15.9. The van der Waals surface area contributed by atoms with Crippen molar-refractivity contribution in [3.8, 4) is 0 Å². The zero-order chi connectivity index (χ0) is 13.0. The van der Waals surface area contributed by atoms with Crippen molar-refractivity contribution in [2.24, 2.45) is 18.4 Å². The molecule has 0 amide bonds. The molecule has 0 atom stereocenters. The van der Waals surface area contributed by atoms with Crippen molar-refractivity contribution in [1.82, 2.24) is 15.1 Å². The molecule has 2 fully saturated rings. The fourth-order valence-corrected chi connectivity index (χ4v) is 3.76. The first-order valence-corrected chi connectivity index (χ1v) is 6.96. The Hall–Kier alpha value is -1.42. The highest BCUT2D eigenvalue weighted by molar-refractivity contribution is 5.79. The summed E-state index contributed by atoms with van der Waals surface area (Å²) in [6.07, 6.45) is 5.10. The molecule has 1 aromatic heterocycles. The van der Waals surface area contributed by atoms with Crippen LogP contribution in [0.5, 0.6) is 0 Å². The van der Waals surface area contributed by atoms with Gasteiger partial charge in [0.25, 0.3) is 0 Å². The predicted molar refractivity (Wildman–Crippen MR) is 72.4 cm³/mol. The molecule has 1 saturated heterocycles. The average molecular weight is 259 g/mol. The number of aromatic nitrogens is 2. The van der Waals surface area contributed by atoms with Gasteiger partial charge in [-0.15, -0.1) is 0 Å². The Morgan fingerprint density at radius 3 is 2.89 bits per heavy atom. The van der Waals surface area contributed by atoms with Gasteiger partial charge in [0.2, 0.25) is 0 Å². The van der Waals surface area contributed by atoms with Crippen LogP contribution in [0.15, 0.2) is 18.3 Å². The highest BCUT2D eigenvalue weighted by atomic mass is 19.1. The zero-order valence-corrected chi connectivity index (χ0v) is 11.1. The molecule has 0 unspecified atom stereocenters. The number of halogens is 1. The molecule has 1 N–H and O–H groups in total. The maximum Gasteiger partial charge on any atom is 0.127 e. The Bertz CT molecular complexity index is 634. The van der Waals surface area contributed by atoms with Crippen LogP contribution >= 0.6 is 0 Å². The molecular formula is C15H18FN3. The third kappa shape index (κ3) is 1.70. The minimum absolute atomic E-state index is 0.0758. The van der Waals surface area contributed by atoms with Crippen molar-refractivity contribution in [3.05, 3.63) is 29.7 Å². The molecular weight excluding hydrogens is 241 g/mol. The van der Waals surface area contributed by atoms with Gasteiger partial charge in [-0.3, -0.25) is 4.68 Å². The Balaban J connectivity index is 1.57. The monoisotopic (exact) mass is 259 g/mol. The summed E-state index contributed by atoms with van der Waals surface area (Å²) in [7, 11) is 1.91. The van der Waals surface area contributed by atoms with Gasteiger partial charge < -0.3 is 5.32 Å². The lowest BCUT2D eigenvalue weighted by Crippen LogP contribution is -2.60. The van der Waals surface area contributed by atoms with Crippen molar-refractivity contribution in [1.29, 1.82) is 0 Å². The van der Waals surface area contributed by atoms with Crippen molar-refractivity contribution in [2.75, 3.05) is 13.1 Å². The quantitative estimate of drug-likeness (QED) is 0.896. The number of hydrogen-bond donors (Lipinski definition) is 1. The second-order valence-electron chi connectivity index (χ2n) is 6.35. The lowest BCUT2D eigenvalue weighted by Gasteiger charge is -2.54.